The predicted molar refractivity (Wildman–Crippen MR) is 49.2 cm³/mol. The second kappa shape index (κ2) is 6.33. The van der Waals surface area contributed by atoms with Gasteiger partial charge in [-0.05, 0) is 27.9 Å². The van der Waals surface area contributed by atoms with Gasteiger partial charge >= 0.3 is 11.9 Å². The van der Waals surface area contributed by atoms with E-state index in [1.807, 2.05) is 0 Å². The van der Waals surface area contributed by atoms with E-state index in [1.165, 1.54) is 0 Å². The first kappa shape index (κ1) is 12.9. The van der Waals surface area contributed by atoms with Crippen LogP contribution in [0.2, 0.25) is 0 Å². The van der Waals surface area contributed by atoms with Crippen LogP contribution in [0.5, 0.6) is 0 Å². The Morgan fingerprint density at radius 2 is 1.21 bits per heavy atom. The molecule has 0 spiro atoms. The summed E-state index contributed by atoms with van der Waals surface area (Å²) in [6.07, 6.45) is 0. The minimum Gasteiger partial charge on any atom is -0.308 e. The van der Waals surface area contributed by atoms with Crippen molar-refractivity contribution in [1.82, 2.24) is 10.6 Å². The molecule has 0 aliphatic rings. The van der Waals surface area contributed by atoms with E-state index in [0.717, 1.165) is 0 Å². The van der Waals surface area contributed by atoms with E-state index in [1.54, 1.807) is 27.9 Å². The first-order valence-electron chi connectivity index (χ1n) is 4.29. The van der Waals surface area contributed by atoms with Gasteiger partial charge in [-0.15, -0.1) is 0 Å². The fourth-order valence-electron chi connectivity index (χ4n) is 0.462. The van der Waals surface area contributed by atoms with Crippen molar-refractivity contribution < 1.29 is 19.4 Å². The van der Waals surface area contributed by atoms with Crippen LogP contribution in [0.15, 0.2) is 0 Å². The molecular formula is C8H16N2O4. The lowest BCUT2D eigenvalue weighted by atomic mass is 10.3. The lowest BCUT2D eigenvalue weighted by Crippen LogP contribution is -2.36. The van der Waals surface area contributed by atoms with Gasteiger partial charge in [0.25, 0.3) is 0 Å². The molecule has 0 bridgehead atoms. The van der Waals surface area contributed by atoms with E-state index < -0.39 is 24.0 Å². The van der Waals surface area contributed by atoms with E-state index >= 15 is 0 Å². The van der Waals surface area contributed by atoms with E-state index in [9.17, 15) is 9.59 Å². The summed E-state index contributed by atoms with van der Waals surface area (Å²) < 4.78 is 0. The van der Waals surface area contributed by atoms with E-state index in [4.69, 9.17) is 0 Å². The fraction of sp³-hybridized carbons (Fsp3) is 0.750. The lowest BCUT2D eigenvalue weighted by Gasteiger charge is -2.10. The third-order valence-electron chi connectivity index (χ3n) is 1.78. The van der Waals surface area contributed by atoms with Crippen molar-refractivity contribution in [2.75, 3.05) is 14.1 Å². The molecule has 2 atom stereocenters. The molecule has 0 saturated heterocycles. The summed E-state index contributed by atoms with van der Waals surface area (Å²) in [4.78, 5) is 30.6. The maximum atomic E-state index is 11.0. The Bertz CT molecular complexity index is 186. The molecule has 0 aromatic heterocycles. The average Bonchev–Trinajstić information content (AvgIpc) is 2.22. The maximum Gasteiger partial charge on any atom is 0.371 e. The molecule has 0 rings (SSSR count). The molecule has 0 amide bonds. The van der Waals surface area contributed by atoms with Crippen LogP contribution in [0.3, 0.4) is 0 Å². The van der Waals surface area contributed by atoms with E-state index in [-0.39, 0.29) is 0 Å². The van der Waals surface area contributed by atoms with Crippen LogP contribution in [-0.4, -0.2) is 38.1 Å². The number of nitrogens with one attached hydrogen (secondary N) is 2. The standard InChI is InChI=1S/C8H16N2O4/c1-5(9-3)7(11)13-14-8(12)6(2)10-4/h5-6,9-10H,1-4H3/t5-,6-/m0/s1. The van der Waals surface area contributed by atoms with Gasteiger partial charge in [0.05, 0.1) is 0 Å². The Kier molecular flexibility index (Phi) is 5.82. The van der Waals surface area contributed by atoms with Gasteiger partial charge < -0.3 is 10.6 Å². The Labute approximate surface area is 82.9 Å². The SMILES string of the molecule is CN[C@@H](C)C(=O)OOC(=O)[C@H](C)NC. The van der Waals surface area contributed by atoms with Gasteiger partial charge in [-0.2, -0.15) is 0 Å². The molecule has 14 heavy (non-hydrogen) atoms. The molecule has 6 nitrogen and oxygen atoms in total. The van der Waals surface area contributed by atoms with E-state index in [2.05, 4.69) is 20.4 Å². The third-order valence-corrected chi connectivity index (χ3v) is 1.78. The largest absolute Gasteiger partial charge is 0.371 e. The second-order valence-corrected chi connectivity index (χ2v) is 2.83. The summed E-state index contributed by atoms with van der Waals surface area (Å²) >= 11 is 0. The number of hydrogen-bond acceptors (Lipinski definition) is 6. The Balaban J connectivity index is 3.83. The summed E-state index contributed by atoms with van der Waals surface area (Å²) in [5, 5.41) is 5.30. The quantitative estimate of drug-likeness (QED) is 0.461. The minimum absolute atomic E-state index is 0.507. The van der Waals surface area contributed by atoms with Crippen molar-refractivity contribution >= 4 is 11.9 Å². The molecule has 0 fully saturated rings. The van der Waals surface area contributed by atoms with Crippen molar-refractivity contribution in [3.05, 3.63) is 0 Å². The molecule has 0 aliphatic carbocycles. The summed E-state index contributed by atoms with van der Waals surface area (Å²) in [6, 6.07) is -1.01. The molecule has 0 saturated carbocycles. The molecule has 0 unspecified atom stereocenters. The molecular weight excluding hydrogens is 188 g/mol. The first-order chi connectivity index (χ1) is 6.52. The lowest BCUT2D eigenvalue weighted by molar-refractivity contribution is -0.261. The number of rotatable bonds is 4. The van der Waals surface area contributed by atoms with Gasteiger partial charge in [0.1, 0.15) is 12.1 Å². The number of carbonyl (C=O) groups is 2. The first-order valence-corrected chi connectivity index (χ1v) is 4.29. The van der Waals surface area contributed by atoms with Crippen molar-refractivity contribution in [3.8, 4) is 0 Å². The highest BCUT2D eigenvalue weighted by atomic mass is 17.2. The van der Waals surface area contributed by atoms with Gasteiger partial charge in [0.15, 0.2) is 0 Å². The molecule has 0 aliphatic heterocycles. The van der Waals surface area contributed by atoms with Crippen LogP contribution >= 0.6 is 0 Å². The molecule has 0 aromatic carbocycles. The topological polar surface area (TPSA) is 76.7 Å². The van der Waals surface area contributed by atoms with Crippen LogP contribution in [0, 0.1) is 0 Å². The van der Waals surface area contributed by atoms with Crippen molar-refractivity contribution in [1.29, 1.82) is 0 Å². The fourth-order valence-corrected chi connectivity index (χ4v) is 0.462. The highest BCUT2D eigenvalue weighted by Gasteiger charge is 2.18. The molecule has 0 radical (unpaired) electrons. The summed E-state index contributed by atoms with van der Waals surface area (Å²) in [5.41, 5.74) is 0. The normalized spacial score (nSPS) is 14.3. The number of carbonyl (C=O) groups excluding carboxylic acids is 2. The zero-order chi connectivity index (χ0) is 11.1. The summed E-state index contributed by atoms with van der Waals surface area (Å²) in [5.74, 6) is -1.27. The van der Waals surface area contributed by atoms with Crippen LogP contribution in [0.25, 0.3) is 0 Å². The number of likely N-dealkylation sites (N-methyl/N-ethyl adjacent to an activating group) is 2. The minimum atomic E-state index is -0.635. The highest BCUT2D eigenvalue weighted by molar-refractivity contribution is 5.78. The number of hydrogen-bond donors (Lipinski definition) is 2. The summed E-state index contributed by atoms with van der Waals surface area (Å²) in [7, 11) is 3.20. The third kappa shape index (κ3) is 4.20. The van der Waals surface area contributed by atoms with Crippen molar-refractivity contribution in [2.24, 2.45) is 0 Å². The monoisotopic (exact) mass is 204 g/mol. The van der Waals surface area contributed by atoms with Gasteiger partial charge in [-0.25, -0.2) is 19.4 Å². The van der Waals surface area contributed by atoms with Crippen LogP contribution in [0.1, 0.15) is 13.8 Å². The molecule has 6 heteroatoms. The maximum absolute atomic E-state index is 11.0. The zero-order valence-corrected chi connectivity index (χ0v) is 8.79. The smallest absolute Gasteiger partial charge is 0.308 e. The van der Waals surface area contributed by atoms with Gasteiger partial charge in [0.2, 0.25) is 0 Å². The Hall–Kier alpha value is -1.14. The Morgan fingerprint density at radius 1 is 0.929 bits per heavy atom. The summed E-state index contributed by atoms with van der Waals surface area (Å²) in [6.45, 7) is 3.19. The van der Waals surface area contributed by atoms with Gasteiger partial charge in [-0.3, -0.25) is 0 Å². The predicted octanol–water partition coefficient (Wildman–Crippen LogP) is -0.796. The molecule has 0 aromatic rings. The van der Waals surface area contributed by atoms with E-state index in [0.29, 0.717) is 0 Å². The zero-order valence-electron chi connectivity index (χ0n) is 8.79. The molecule has 0 heterocycles. The Morgan fingerprint density at radius 3 is 1.43 bits per heavy atom. The van der Waals surface area contributed by atoms with Gasteiger partial charge in [0, 0.05) is 0 Å². The van der Waals surface area contributed by atoms with Crippen LogP contribution in [-0.2, 0) is 19.4 Å². The average molecular weight is 204 g/mol. The molecule has 2 N–H and O–H groups in total. The van der Waals surface area contributed by atoms with Crippen LogP contribution in [0.4, 0.5) is 0 Å². The second-order valence-electron chi connectivity index (χ2n) is 2.83. The van der Waals surface area contributed by atoms with Gasteiger partial charge in [-0.1, -0.05) is 0 Å². The van der Waals surface area contributed by atoms with Crippen molar-refractivity contribution in [2.45, 2.75) is 25.9 Å². The van der Waals surface area contributed by atoms with Crippen LogP contribution < -0.4 is 10.6 Å². The van der Waals surface area contributed by atoms with Crippen molar-refractivity contribution in [3.63, 3.8) is 0 Å². The molecule has 82 valence electrons. The highest BCUT2D eigenvalue weighted by Crippen LogP contribution is 1.92.